The number of nitro groups is 1. The van der Waals surface area contributed by atoms with E-state index in [0.29, 0.717) is 21.5 Å². The van der Waals surface area contributed by atoms with Gasteiger partial charge in [-0.15, -0.1) is 0 Å². The largest absolute Gasteiger partial charge is 0.306 e. The van der Waals surface area contributed by atoms with Crippen LogP contribution >= 0.6 is 23.2 Å². The third-order valence-corrected chi connectivity index (χ3v) is 4.56. The zero-order valence-corrected chi connectivity index (χ0v) is 12.4. The third-order valence-electron chi connectivity index (χ3n) is 2.49. The Morgan fingerprint density at radius 2 is 2.10 bits per heavy atom. The van der Waals surface area contributed by atoms with Crippen molar-refractivity contribution in [1.82, 2.24) is 9.78 Å². The first-order valence-electron chi connectivity index (χ1n) is 5.47. The third kappa shape index (κ3) is 3.56. The van der Waals surface area contributed by atoms with E-state index in [1.165, 1.54) is 10.9 Å². The van der Waals surface area contributed by atoms with Crippen molar-refractivity contribution in [2.24, 2.45) is 0 Å². The molecule has 20 heavy (non-hydrogen) atoms. The predicted molar refractivity (Wildman–Crippen MR) is 76.6 cm³/mol. The monoisotopic (exact) mass is 333 g/mol. The fourth-order valence-electron chi connectivity index (χ4n) is 1.48. The fourth-order valence-corrected chi connectivity index (χ4v) is 2.90. The van der Waals surface area contributed by atoms with Gasteiger partial charge < -0.3 is 0 Å². The molecule has 0 N–H and O–H groups in total. The Hall–Kier alpha value is -1.44. The average Bonchev–Trinajstić information content (AvgIpc) is 2.88. The zero-order chi connectivity index (χ0) is 14.7. The smallest absolute Gasteiger partial charge is 0.265 e. The summed E-state index contributed by atoms with van der Waals surface area (Å²) in [6.45, 7) is 0.306. The predicted octanol–water partition coefficient (Wildman–Crippen LogP) is 2.91. The van der Waals surface area contributed by atoms with E-state index in [0.717, 1.165) is 6.20 Å². The number of aromatic nitrogens is 2. The van der Waals surface area contributed by atoms with Gasteiger partial charge in [0.1, 0.15) is 12.4 Å². The summed E-state index contributed by atoms with van der Waals surface area (Å²) in [6.07, 6.45) is 2.45. The van der Waals surface area contributed by atoms with Gasteiger partial charge in [-0.1, -0.05) is 23.2 Å². The molecule has 9 heteroatoms. The Morgan fingerprint density at radius 1 is 1.35 bits per heavy atom. The van der Waals surface area contributed by atoms with Crippen LogP contribution in [0, 0.1) is 10.1 Å². The molecule has 0 spiro atoms. The van der Waals surface area contributed by atoms with Gasteiger partial charge in [-0.05, 0) is 18.2 Å². The van der Waals surface area contributed by atoms with Crippen molar-refractivity contribution in [3.8, 4) is 0 Å². The van der Waals surface area contributed by atoms with Crippen LogP contribution in [-0.4, -0.2) is 24.7 Å². The van der Waals surface area contributed by atoms with Gasteiger partial charge in [0.25, 0.3) is 0 Å². The molecular formula is C11H9Cl2N3O3S. The summed E-state index contributed by atoms with van der Waals surface area (Å²) in [5, 5.41) is 15.1. The Morgan fingerprint density at radius 3 is 2.70 bits per heavy atom. The second-order valence-electron chi connectivity index (χ2n) is 3.84. The van der Waals surface area contributed by atoms with E-state index in [4.69, 9.17) is 23.2 Å². The van der Waals surface area contributed by atoms with Crippen molar-refractivity contribution in [2.75, 3.05) is 5.75 Å². The highest BCUT2D eigenvalue weighted by Crippen LogP contribution is 2.24. The molecule has 2 rings (SSSR count). The highest BCUT2D eigenvalue weighted by Gasteiger charge is 2.11. The summed E-state index contributed by atoms with van der Waals surface area (Å²) in [5.74, 6) is 0.275. The molecule has 1 atom stereocenters. The Kier molecular flexibility index (Phi) is 4.74. The van der Waals surface area contributed by atoms with Crippen LogP contribution in [-0.2, 0) is 17.3 Å². The maximum Gasteiger partial charge on any atom is 0.306 e. The summed E-state index contributed by atoms with van der Waals surface area (Å²) >= 11 is 11.6. The van der Waals surface area contributed by atoms with E-state index in [2.05, 4.69) is 5.10 Å². The molecule has 2 aromatic rings. The molecule has 0 fully saturated rings. The van der Waals surface area contributed by atoms with Gasteiger partial charge in [0, 0.05) is 10.6 Å². The average molecular weight is 334 g/mol. The minimum atomic E-state index is -1.28. The van der Waals surface area contributed by atoms with Crippen molar-refractivity contribution in [3.05, 3.63) is 50.8 Å². The number of halogens is 2. The number of rotatable bonds is 5. The minimum Gasteiger partial charge on any atom is -0.265 e. The van der Waals surface area contributed by atoms with Gasteiger partial charge in [-0.2, -0.15) is 5.10 Å². The molecule has 6 nitrogen and oxygen atoms in total. The van der Waals surface area contributed by atoms with Gasteiger partial charge in [0.15, 0.2) is 0 Å². The maximum atomic E-state index is 12.1. The Labute approximate surface area is 126 Å². The van der Waals surface area contributed by atoms with E-state index >= 15 is 0 Å². The molecule has 0 aliphatic heterocycles. The van der Waals surface area contributed by atoms with Crippen molar-refractivity contribution >= 4 is 39.7 Å². The van der Waals surface area contributed by atoms with Crippen LogP contribution in [0.2, 0.25) is 10.0 Å². The quantitative estimate of drug-likeness (QED) is 0.622. The highest BCUT2D eigenvalue weighted by atomic mass is 35.5. The second-order valence-corrected chi connectivity index (χ2v) is 6.23. The maximum absolute atomic E-state index is 12.1. The lowest BCUT2D eigenvalue weighted by Gasteiger charge is -2.04. The number of hydrogen-bond donors (Lipinski definition) is 0. The van der Waals surface area contributed by atoms with Crippen LogP contribution in [0.5, 0.6) is 0 Å². The molecule has 0 saturated carbocycles. The lowest BCUT2D eigenvalue weighted by Crippen LogP contribution is -2.08. The molecule has 1 heterocycles. The molecule has 0 aliphatic carbocycles. The summed E-state index contributed by atoms with van der Waals surface area (Å²) in [4.78, 5) is 10.5. The number of nitrogens with zero attached hydrogens (tertiary/aromatic N) is 3. The van der Waals surface area contributed by atoms with Crippen molar-refractivity contribution in [1.29, 1.82) is 0 Å². The topological polar surface area (TPSA) is 78.0 Å². The summed E-state index contributed by atoms with van der Waals surface area (Å²) in [6, 6.07) is 4.76. The van der Waals surface area contributed by atoms with Crippen molar-refractivity contribution in [2.45, 2.75) is 11.4 Å². The second kappa shape index (κ2) is 6.34. The van der Waals surface area contributed by atoms with Crippen LogP contribution in [0.4, 0.5) is 5.69 Å². The highest BCUT2D eigenvalue weighted by molar-refractivity contribution is 7.85. The molecule has 1 aromatic heterocycles. The molecule has 1 unspecified atom stereocenters. The van der Waals surface area contributed by atoms with Gasteiger partial charge in [-0.25, -0.2) is 0 Å². The van der Waals surface area contributed by atoms with E-state index in [-0.39, 0.29) is 11.4 Å². The first-order chi connectivity index (χ1) is 9.47. The van der Waals surface area contributed by atoms with Crippen LogP contribution < -0.4 is 0 Å². The number of hydrogen-bond acceptors (Lipinski definition) is 4. The summed E-state index contributed by atoms with van der Waals surface area (Å²) < 4.78 is 13.4. The van der Waals surface area contributed by atoms with Crippen LogP contribution in [0.3, 0.4) is 0 Å². The normalized spacial score (nSPS) is 12.3. The lowest BCUT2D eigenvalue weighted by atomic mass is 10.4. The minimum absolute atomic E-state index is 0.0923. The molecule has 0 saturated heterocycles. The molecule has 0 bridgehead atoms. The van der Waals surface area contributed by atoms with Crippen LogP contribution in [0.15, 0.2) is 35.5 Å². The number of benzene rings is 1. The molecule has 1 aromatic carbocycles. The van der Waals surface area contributed by atoms with Gasteiger partial charge in [-0.3, -0.25) is 19.0 Å². The molecule has 0 amide bonds. The standard InChI is InChI=1S/C11H9Cl2N3O3S/c12-10-2-1-9(5-11(10)13)20(19)4-3-15-7-8(6-14-15)16(17)18/h1-2,5-7H,3-4H2. The SMILES string of the molecule is O=[N+]([O-])c1cnn(CCS(=O)c2ccc(Cl)c(Cl)c2)c1. The Balaban J connectivity index is 2.00. The molecular weight excluding hydrogens is 325 g/mol. The Bertz CT molecular complexity index is 675. The molecule has 0 radical (unpaired) electrons. The van der Waals surface area contributed by atoms with Gasteiger partial charge in [0.2, 0.25) is 0 Å². The molecule has 0 aliphatic rings. The van der Waals surface area contributed by atoms with Crippen molar-refractivity contribution in [3.63, 3.8) is 0 Å². The van der Waals surface area contributed by atoms with Crippen LogP contribution in [0.25, 0.3) is 0 Å². The first-order valence-corrected chi connectivity index (χ1v) is 7.55. The van der Waals surface area contributed by atoms with Crippen LogP contribution in [0.1, 0.15) is 0 Å². The number of aryl methyl sites for hydroxylation is 1. The van der Waals surface area contributed by atoms with Gasteiger partial charge in [0.05, 0.1) is 32.3 Å². The van der Waals surface area contributed by atoms with Crippen molar-refractivity contribution < 1.29 is 9.13 Å². The van der Waals surface area contributed by atoms with E-state index in [9.17, 15) is 14.3 Å². The summed E-state index contributed by atoms with van der Waals surface area (Å²) in [5.41, 5.74) is -0.0923. The van der Waals surface area contributed by atoms with E-state index < -0.39 is 15.7 Å². The summed E-state index contributed by atoms with van der Waals surface area (Å²) in [7, 11) is -1.28. The molecule has 106 valence electrons. The fraction of sp³-hybridized carbons (Fsp3) is 0.182. The van der Waals surface area contributed by atoms with E-state index in [1.807, 2.05) is 0 Å². The van der Waals surface area contributed by atoms with E-state index in [1.54, 1.807) is 18.2 Å². The lowest BCUT2D eigenvalue weighted by molar-refractivity contribution is -0.385. The van der Waals surface area contributed by atoms with Gasteiger partial charge >= 0.3 is 5.69 Å². The first kappa shape index (κ1) is 15.0. The zero-order valence-electron chi connectivity index (χ0n) is 10.0.